The van der Waals surface area contributed by atoms with E-state index in [9.17, 15) is 4.79 Å². The molecule has 7 nitrogen and oxygen atoms in total. The van der Waals surface area contributed by atoms with Crippen LogP contribution < -0.4 is 11.0 Å². The molecular formula is C19H30N6O. The van der Waals surface area contributed by atoms with Crippen molar-refractivity contribution < 1.29 is 0 Å². The maximum Gasteiger partial charge on any atom is 0.343 e. The Balaban J connectivity index is 1.45. The highest BCUT2D eigenvalue weighted by atomic mass is 16.1. The van der Waals surface area contributed by atoms with Gasteiger partial charge in [-0.1, -0.05) is 12.8 Å². The number of nitrogens with one attached hydrogen (secondary N) is 2. The van der Waals surface area contributed by atoms with Gasteiger partial charge in [-0.3, -0.25) is 9.25 Å². The summed E-state index contributed by atoms with van der Waals surface area (Å²) in [5, 5.41) is 15.3. The molecule has 0 aliphatic heterocycles. The highest BCUT2D eigenvalue weighted by Gasteiger charge is 2.27. The molecule has 0 unspecified atom stereocenters. The number of nitrogens with zero attached hydrogens (tertiary/aromatic N) is 4. The molecule has 142 valence electrons. The number of rotatable bonds is 5. The first kappa shape index (κ1) is 17.5. The Hall–Kier alpha value is -1.89. The molecule has 2 aliphatic rings. The molecule has 2 aromatic heterocycles. The molecule has 0 spiro atoms. The van der Waals surface area contributed by atoms with Crippen LogP contribution in [0.25, 0.3) is 0 Å². The third kappa shape index (κ3) is 3.37. The van der Waals surface area contributed by atoms with Crippen LogP contribution in [-0.2, 0) is 39.9 Å². The minimum atomic E-state index is -0.123. The zero-order chi connectivity index (χ0) is 18.1. The Bertz CT molecular complexity index is 817. The third-order valence-corrected chi connectivity index (χ3v) is 6.31. The summed E-state index contributed by atoms with van der Waals surface area (Å²) in [4.78, 5) is 11.6. The SMILES string of the molecule is Cn1nc2c(c1CN[C@@H]1CCCC[C@@H]1Cc1n[nH]c(=O)n1C)CCCC2. The van der Waals surface area contributed by atoms with E-state index >= 15 is 0 Å². The van der Waals surface area contributed by atoms with Crippen LogP contribution in [0.4, 0.5) is 0 Å². The van der Waals surface area contributed by atoms with Gasteiger partial charge in [0.05, 0.1) is 11.4 Å². The third-order valence-electron chi connectivity index (χ3n) is 6.31. The number of aryl methyl sites for hydroxylation is 2. The maximum atomic E-state index is 11.6. The van der Waals surface area contributed by atoms with Crippen LogP contribution in [0.5, 0.6) is 0 Å². The van der Waals surface area contributed by atoms with Crippen LogP contribution in [0, 0.1) is 5.92 Å². The van der Waals surface area contributed by atoms with E-state index in [4.69, 9.17) is 5.10 Å². The van der Waals surface area contributed by atoms with Crippen LogP contribution >= 0.6 is 0 Å². The van der Waals surface area contributed by atoms with Crippen LogP contribution in [0.3, 0.4) is 0 Å². The van der Waals surface area contributed by atoms with E-state index in [2.05, 4.69) is 27.2 Å². The fourth-order valence-corrected chi connectivity index (χ4v) is 4.71. The molecular weight excluding hydrogens is 328 g/mol. The Morgan fingerprint density at radius 1 is 1.15 bits per heavy atom. The van der Waals surface area contributed by atoms with E-state index in [1.807, 2.05) is 0 Å². The van der Waals surface area contributed by atoms with Crippen molar-refractivity contribution in [3.63, 3.8) is 0 Å². The molecule has 0 aromatic carbocycles. The number of H-pyrrole nitrogens is 1. The predicted molar refractivity (Wildman–Crippen MR) is 100.0 cm³/mol. The Kier molecular flexibility index (Phi) is 4.98. The maximum absolute atomic E-state index is 11.6. The molecule has 1 fully saturated rings. The summed E-state index contributed by atoms with van der Waals surface area (Å²) in [6.07, 6.45) is 10.6. The fourth-order valence-electron chi connectivity index (χ4n) is 4.71. The van der Waals surface area contributed by atoms with Crippen molar-refractivity contribution in [2.45, 2.75) is 70.4 Å². The van der Waals surface area contributed by atoms with Gasteiger partial charge < -0.3 is 5.32 Å². The van der Waals surface area contributed by atoms with Crippen molar-refractivity contribution in [2.24, 2.45) is 20.0 Å². The topological polar surface area (TPSA) is 80.5 Å². The predicted octanol–water partition coefficient (Wildman–Crippen LogP) is 1.61. The van der Waals surface area contributed by atoms with Crippen LogP contribution in [0.15, 0.2) is 4.79 Å². The van der Waals surface area contributed by atoms with E-state index < -0.39 is 0 Å². The zero-order valence-electron chi connectivity index (χ0n) is 15.9. The van der Waals surface area contributed by atoms with Crippen LogP contribution in [-0.4, -0.2) is 30.6 Å². The molecule has 1 saturated carbocycles. The monoisotopic (exact) mass is 358 g/mol. The zero-order valence-corrected chi connectivity index (χ0v) is 15.9. The van der Waals surface area contributed by atoms with Gasteiger partial charge >= 0.3 is 5.69 Å². The summed E-state index contributed by atoms with van der Waals surface area (Å²) in [6, 6.07) is 0.477. The van der Waals surface area contributed by atoms with Crippen molar-refractivity contribution in [3.8, 4) is 0 Å². The van der Waals surface area contributed by atoms with E-state index in [1.54, 1.807) is 11.6 Å². The average molecular weight is 358 g/mol. The van der Waals surface area contributed by atoms with Gasteiger partial charge in [-0.2, -0.15) is 10.2 Å². The fraction of sp³-hybridized carbons (Fsp3) is 0.737. The number of hydrogen-bond acceptors (Lipinski definition) is 4. The molecule has 0 radical (unpaired) electrons. The first-order chi connectivity index (χ1) is 12.6. The van der Waals surface area contributed by atoms with Gasteiger partial charge in [-0.25, -0.2) is 9.89 Å². The number of fused-ring (bicyclic) bond motifs is 1. The summed E-state index contributed by atoms with van der Waals surface area (Å²) >= 11 is 0. The number of aromatic amines is 1. The summed E-state index contributed by atoms with van der Waals surface area (Å²) in [5.74, 6) is 1.40. The minimum Gasteiger partial charge on any atom is -0.308 e. The van der Waals surface area contributed by atoms with Gasteiger partial charge in [0.2, 0.25) is 0 Å². The highest BCUT2D eigenvalue weighted by Crippen LogP contribution is 2.28. The normalized spacial score (nSPS) is 23.2. The van der Waals surface area contributed by atoms with Gasteiger partial charge in [0.25, 0.3) is 0 Å². The highest BCUT2D eigenvalue weighted by molar-refractivity contribution is 5.28. The smallest absolute Gasteiger partial charge is 0.308 e. The van der Waals surface area contributed by atoms with Crippen molar-refractivity contribution in [2.75, 3.05) is 0 Å². The van der Waals surface area contributed by atoms with E-state index in [0.29, 0.717) is 12.0 Å². The van der Waals surface area contributed by atoms with Crippen molar-refractivity contribution in [1.29, 1.82) is 0 Å². The molecule has 7 heteroatoms. The number of aromatic nitrogens is 5. The van der Waals surface area contributed by atoms with Gasteiger partial charge in [0, 0.05) is 33.1 Å². The molecule has 2 N–H and O–H groups in total. The van der Waals surface area contributed by atoms with Crippen molar-refractivity contribution in [3.05, 3.63) is 33.3 Å². The van der Waals surface area contributed by atoms with Crippen molar-refractivity contribution in [1.82, 2.24) is 29.9 Å². The van der Waals surface area contributed by atoms with E-state index in [1.165, 1.54) is 61.9 Å². The molecule has 4 rings (SSSR count). The lowest BCUT2D eigenvalue weighted by atomic mass is 9.82. The molecule has 2 aromatic rings. The molecule has 0 saturated heterocycles. The largest absolute Gasteiger partial charge is 0.343 e. The standard InChI is InChI=1S/C19H30N6O/c1-24-18(21-22-19(24)26)11-13-7-3-5-9-15(13)20-12-17-14-8-4-6-10-16(14)23-25(17)2/h13,15,20H,3-12H2,1-2H3,(H,22,26)/t13-,15-/m1/s1. The second-order valence-corrected chi connectivity index (χ2v) is 7.94. The van der Waals surface area contributed by atoms with E-state index in [-0.39, 0.29) is 5.69 Å². The van der Waals surface area contributed by atoms with Gasteiger partial charge in [-0.05, 0) is 50.0 Å². The molecule has 0 bridgehead atoms. The Morgan fingerprint density at radius 3 is 2.77 bits per heavy atom. The second kappa shape index (κ2) is 7.39. The lowest BCUT2D eigenvalue weighted by molar-refractivity contribution is 0.253. The minimum absolute atomic E-state index is 0.123. The summed E-state index contributed by atoms with van der Waals surface area (Å²) in [6.45, 7) is 0.888. The summed E-state index contributed by atoms with van der Waals surface area (Å²) in [5.41, 5.74) is 4.02. The first-order valence-corrected chi connectivity index (χ1v) is 10.0. The second-order valence-electron chi connectivity index (χ2n) is 7.94. The van der Waals surface area contributed by atoms with Crippen LogP contribution in [0.2, 0.25) is 0 Å². The van der Waals surface area contributed by atoms with E-state index in [0.717, 1.165) is 25.2 Å². The number of hydrogen-bond donors (Lipinski definition) is 2. The van der Waals surface area contributed by atoms with Gasteiger partial charge in [-0.15, -0.1) is 0 Å². The lowest BCUT2D eigenvalue weighted by Gasteiger charge is -2.32. The van der Waals surface area contributed by atoms with Crippen molar-refractivity contribution >= 4 is 0 Å². The lowest BCUT2D eigenvalue weighted by Crippen LogP contribution is -2.40. The van der Waals surface area contributed by atoms with Gasteiger partial charge in [0.15, 0.2) is 0 Å². The summed E-state index contributed by atoms with van der Waals surface area (Å²) < 4.78 is 3.72. The average Bonchev–Trinajstić information content (AvgIpc) is 3.14. The first-order valence-electron chi connectivity index (χ1n) is 10.0. The van der Waals surface area contributed by atoms with Crippen LogP contribution in [0.1, 0.15) is 61.3 Å². The Morgan fingerprint density at radius 2 is 1.96 bits per heavy atom. The Labute approximate surface area is 154 Å². The molecule has 26 heavy (non-hydrogen) atoms. The molecule has 2 atom stereocenters. The van der Waals surface area contributed by atoms with Gasteiger partial charge in [0.1, 0.15) is 5.82 Å². The molecule has 2 heterocycles. The molecule has 2 aliphatic carbocycles. The molecule has 0 amide bonds. The summed E-state index contributed by atoms with van der Waals surface area (Å²) in [7, 11) is 3.88. The quantitative estimate of drug-likeness (QED) is 0.851.